The van der Waals surface area contributed by atoms with Gasteiger partial charge in [0.15, 0.2) is 0 Å². The van der Waals surface area contributed by atoms with Crippen molar-refractivity contribution < 1.29 is 9.47 Å². The van der Waals surface area contributed by atoms with Crippen LogP contribution in [0.1, 0.15) is 39.2 Å². The van der Waals surface area contributed by atoms with Crippen LogP contribution in [0.2, 0.25) is 0 Å². The summed E-state index contributed by atoms with van der Waals surface area (Å²) in [6.45, 7) is 10.1. The molecule has 0 amide bonds. The third-order valence-corrected chi connectivity index (χ3v) is 3.64. The largest absolute Gasteiger partial charge is 0.492 e. The van der Waals surface area contributed by atoms with E-state index >= 15 is 0 Å². The molecule has 1 atom stereocenters. The number of hydrogen-bond acceptors (Lipinski definition) is 3. The summed E-state index contributed by atoms with van der Waals surface area (Å²) >= 11 is 0. The maximum absolute atomic E-state index is 5.80. The first-order chi connectivity index (χ1) is 9.55. The minimum atomic E-state index is 0.164. The first kappa shape index (κ1) is 15.3. The predicted octanol–water partition coefficient (Wildman–Crippen LogP) is 3.13. The maximum atomic E-state index is 5.80. The molecule has 1 aromatic rings. The third kappa shape index (κ3) is 4.80. The topological polar surface area (TPSA) is 30.5 Å². The molecule has 0 unspecified atom stereocenters. The standard InChI is InChI=1S/C17H27NO2/c1-17(2,3)14-6-4-7-15(12-14)20-11-9-18-13-16-8-5-10-19-16/h4,6-7,12,16,18H,5,8-11,13H2,1-3H3/t16-/m0/s1. The van der Waals surface area contributed by atoms with Crippen molar-refractivity contribution in [2.24, 2.45) is 0 Å². The molecule has 3 heteroatoms. The Morgan fingerprint density at radius 1 is 1.35 bits per heavy atom. The Labute approximate surface area is 122 Å². The first-order valence-electron chi connectivity index (χ1n) is 7.61. The van der Waals surface area contributed by atoms with E-state index in [-0.39, 0.29) is 5.41 Å². The minimum absolute atomic E-state index is 0.164. The van der Waals surface area contributed by atoms with Gasteiger partial charge in [0, 0.05) is 19.7 Å². The second-order valence-corrected chi connectivity index (χ2v) is 6.47. The van der Waals surface area contributed by atoms with Crippen molar-refractivity contribution in [2.75, 3.05) is 26.3 Å². The molecule has 2 rings (SSSR count). The van der Waals surface area contributed by atoms with Crippen LogP contribution in [0, 0.1) is 0 Å². The number of rotatable bonds is 6. The molecule has 1 N–H and O–H groups in total. The zero-order valence-electron chi connectivity index (χ0n) is 12.9. The number of hydrogen-bond donors (Lipinski definition) is 1. The van der Waals surface area contributed by atoms with Gasteiger partial charge in [0.1, 0.15) is 12.4 Å². The fourth-order valence-corrected chi connectivity index (χ4v) is 2.36. The monoisotopic (exact) mass is 277 g/mol. The molecule has 112 valence electrons. The molecule has 0 radical (unpaired) electrons. The normalized spacial score (nSPS) is 19.2. The van der Waals surface area contributed by atoms with E-state index in [4.69, 9.17) is 9.47 Å². The van der Waals surface area contributed by atoms with E-state index in [1.54, 1.807) is 0 Å². The molecule has 0 bridgehead atoms. The summed E-state index contributed by atoms with van der Waals surface area (Å²) in [5, 5.41) is 3.39. The van der Waals surface area contributed by atoms with Gasteiger partial charge in [0.2, 0.25) is 0 Å². The predicted molar refractivity (Wildman–Crippen MR) is 82.5 cm³/mol. The lowest BCUT2D eigenvalue weighted by molar-refractivity contribution is 0.109. The average molecular weight is 277 g/mol. The highest BCUT2D eigenvalue weighted by molar-refractivity contribution is 5.32. The summed E-state index contributed by atoms with van der Waals surface area (Å²) < 4.78 is 11.4. The van der Waals surface area contributed by atoms with Crippen molar-refractivity contribution in [3.8, 4) is 5.75 Å². The second kappa shape index (κ2) is 7.09. The highest BCUT2D eigenvalue weighted by Crippen LogP contribution is 2.25. The van der Waals surface area contributed by atoms with E-state index < -0.39 is 0 Å². The van der Waals surface area contributed by atoms with Crippen molar-refractivity contribution in [3.63, 3.8) is 0 Å². The number of benzene rings is 1. The van der Waals surface area contributed by atoms with Crippen LogP contribution in [0.15, 0.2) is 24.3 Å². The highest BCUT2D eigenvalue weighted by Gasteiger charge is 2.15. The smallest absolute Gasteiger partial charge is 0.119 e. The van der Waals surface area contributed by atoms with Crippen LogP contribution in [-0.2, 0) is 10.2 Å². The van der Waals surface area contributed by atoms with Crippen molar-refractivity contribution in [2.45, 2.75) is 45.1 Å². The van der Waals surface area contributed by atoms with Crippen LogP contribution in [0.5, 0.6) is 5.75 Å². The molecule has 1 heterocycles. The van der Waals surface area contributed by atoms with E-state index in [9.17, 15) is 0 Å². The molecule has 20 heavy (non-hydrogen) atoms. The SMILES string of the molecule is CC(C)(C)c1cccc(OCCNC[C@@H]2CCCO2)c1. The maximum Gasteiger partial charge on any atom is 0.119 e. The molecular formula is C17H27NO2. The highest BCUT2D eigenvalue weighted by atomic mass is 16.5. The van der Waals surface area contributed by atoms with Gasteiger partial charge in [-0.1, -0.05) is 32.9 Å². The van der Waals surface area contributed by atoms with Gasteiger partial charge < -0.3 is 14.8 Å². The van der Waals surface area contributed by atoms with E-state index in [1.165, 1.54) is 18.4 Å². The summed E-state index contributed by atoms with van der Waals surface area (Å²) in [5.74, 6) is 0.955. The minimum Gasteiger partial charge on any atom is -0.492 e. The third-order valence-electron chi connectivity index (χ3n) is 3.64. The van der Waals surface area contributed by atoms with E-state index in [2.05, 4.69) is 44.3 Å². The van der Waals surface area contributed by atoms with Crippen molar-refractivity contribution in [1.29, 1.82) is 0 Å². The number of ether oxygens (including phenoxy) is 2. The Bertz CT molecular complexity index is 406. The Hall–Kier alpha value is -1.06. The van der Waals surface area contributed by atoms with Crippen LogP contribution >= 0.6 is 0 Å². The van der Waals surface area contributed by atoms with Gasteiger partial charge in [-0.05, 0) is 36.0 Å². The van der Waals surface area contributed by atoms with Crippen LogP contribution in [-0.4, -0.2) is 32.4 Å². The van der Waals surface area contributed by atoms with Crippen molar-refractivity contribution in [3.05, 3.63) is 29.8 Å². The zero-order chi connectivity index (χ0) is 14.4. The molecule has 0 spiro atoms. The van der Waals surface area contributed by atoms with Gasteiger partial charge in [-0.3, -0.25) is 0 Å². The Morgan fingerprint density at radius 2 is 2.20 bits per heavy atom. The lowest BCUT2D eigenvalue weighted by Gasteiger charge is -2.19. The summed E-state index contributed by atoms with van der Waals surface area (Å²) in [4.78, 5) is 0. The molecule has 1 aromatic carbocycles. The molecule has 1 aliphatic rings. The summed E-state index contributed by atoms with van der Waals surface area (Å²) in [6, 6.07) is 8.38. The second-order valence-electron chi connectivity index (χ2n) is 6.47. The average Bonchev–Trinajstić information content (AvgIpc) is 2.91. The quantitative estimate of drug-likeness (QED) is 0.810. The molecule has 1 aliphatic heterocycles. The number of nitrogens with one attached hydrogen (secondary N) is 1. The van der Waals surface area contributed by atoms with Gasteiger partial charge in [0.25, 0.3) is 0 Å². The van der Waals surface area contributed by atoms with Gasteiger partial charge in [0.05, 0.1) is 6.10 Å². The summed E-state index contributed by atoms with van der Waals surface area (Å²) in [6.07, 6.45) is 2.78. The van der Waals surface area contributed by atoms with E-state index in [1.807, 2.05) is 6.07 Å². The van der Waals surface area contributed by atoms with Gasteiger partial charge in [-0.25, -0.2) is 0 Å². The van der Waals surface area contributed by atoms with Crippen molar-refractivity contribution >= 4 is 0 Å². The Balaban J connectivity index is 1.68. The van der Waals surface area contributed by atoms with Gasteiger partial charge in [-0.15, -0.1) is 0 Å². The van der Waals surface area contributed by atoms with Crippen molar-refractivity contribution in [1.82, 2.24) is 5.32 Å². The summed E-state index contributed by atoms with van der Waals surface area (Å²) in [7, 11) is 0. The Morgan fingerprint density at radius 3 is 2.90 bits per heavy atom. The lowest BCUT2D eigenvalue weighted by atomic mass is 9.87. The van der Waals surface area contributed by atoms with Crippen LogP contribution in [0.3, 0.4) is 0 Å². The molecule has 1 fully saturated rings. The molecule has 0 saturated carbocycles. The van der Waals surface area contributed by atoms with Crippen LogP contribution in [0.25, 0.3) is 0 Å². The fraction of sp³-hybridized carbons (Fsp3) is 0.647. The molecule has 1 saturated heterocycles. The van der Waals surface area contributed by atoms with Crippen LogP contribution < -0.4 is 10.1 Å². The first-order valence-corrected chi connectivity index (χ1v) is 7.61. The molecular weight excluding hydrogens is 250 g/mol. The lowest BCUT2D eigenvalue weighted by Crippen LogP contribution is -2.29. The Kier molecular flexibility index (Phi) is 5.44. The zero-order valence-corrected chi connectivity index (χ0v) is 12.9. The fourth-order valence-electron chi connectivity index (χ4n) is 2.36. The molecule has 0 aromatic heterocycles. The molecule has 3 nitrogen and oxygen atoms in total. The van der Waals surface area contributed by atoms with Gasteiger partial charge in [-0.2, -0.15) is 0 Å². The molecule has 0 aliphatic carbocycles. The van der Waals surface area contributed by atoms with Gasteiger partial charge >= 0.3 is 0 Å². The van der Waals surface area contributed by atoms with Crippen LogP contribution in [0.4, 0.5) is 0 Å². The van der Waals surface area contributed by atoms with E-state index in [0.717, 1.165) is 25.4 Å². The van der Waals surface area contributed by atoms with E-state index in [0.29, 0.717) is 12.7 Å². The summed E-state index contributed by atoms with van der Waals surface area (Å²) in [5.41, 5.74) is 1.47.